The minimum absolute atomic E-state index is 0. The largest absolute Gasteiger partial charge is 2.00 e. The average Bonchev–Trinajstić information content (AvgIpc) is 3.00. The summed E-state index contributed by atoms with van der Waals surface area (Å²) >= 11 is 0. The average molecular weight is 678 g/mol. The van der Waals surface area contributed by atoms with E-state index in [0.717, 1.165) is 25.7 Å². The summed E-state index contributed by atoms with van der Waals surface area (Å²) in [5, 5.41) is 20.5. The summed E-state index contributed by atoms with van der Waals surface area (Å²) in [7, 11) is 0. The van der Waals surface area contributed by atoms with Crippen molar-refractivity contribution < 1.29 is 36.9 Å². The van der Waals surface area contributed by atoms with Gasteiger partial charge < -0.3 is 19.8 Å². The van der Waals surface area contributed by atoms with Crippen molar-refractivity contribution in [3.05, 3.63) is 0 Å². The number of carbonyl (C=O) groups is 2. The van der Waals surface area contributed by atoms with Gasteiger partial charge in [-0.1, -0.05) is 219 Å². The zero-order valence-electron chi connectivity index (χ0n) is 30.5. The number of carboxylic acids is 2. The molecule has 0 bridgehead atoms. The third kappa shape index (κ3) is 53.2. The molecule has 5 heteroatoms. The Labute approximate surface area is 292 Å². The molecule has 0 rings (SSSR count). The van der Waals surface area contributed by atoms with Crippen LogP contribution in [0.25, 0.3) is 0 Å². The smallest absolute Gasteiger partial charge is 0.550 e. The summed E-state index contributed by atoms with van der Waals surface area (Å²) in [6.45, 7) is 4.55. The quantitative estimate of drug-likeness (QED) is 0.0488. The van der Waals surface area contributed by atoms with Crippen molar-refractivity contribution in [1.82, 2.24) is 0 Å². The summed E-state index contributed by atoms with van der Waals surface area (Å²) < 4.78 is 0. The molecule has 0 spiro atoms. The van der Waals surface area contributed by atoms with Gasteiger partial charge in [0.25, 0.3) is 0 Å². The molecule has 0 atom stereocenters. The van der Waals surface area contributed by atoms with Gasteiger partial charge in [-0.05, 0) is 25.7 Å². The maximum Gasteiger partial charge on any atom is 2.00 e. The van der Waals surface area contributed by atoms with Crippen LogP contribution >= 0.6 is 0 Å². The summed E-state index contributed by atoms with van der Waals surface area (Å²) in [6.07, 6.45) is 45.6. The molecule has 0 aromatic carbocycles. The van der Waals surface area contributed by atoms with Crippen molar-refractivity contribution in [3.63, 3.8) is 0 Å². The van der Waals surface area contributed by atoms with E-state index in [2.05, 4.69) is 13.8 Å². The zero-order valence-corrected chi connectivity index (χ0v) is 31.6. The van der Waals surface area contributed by atoms with E-state index in [1.807, 2.05) is 0 Å². The van der Waals surface area contributed by atoms with Crippen LogP contribution in [0.3, 0.4) is 0 Å². The van der Waals surface area contributed by atoms with Gasteiger partial charge in [0.15, 0.2) is 0 Å². The number of aliphatic carboxylic acids is 2. The molecule has 1 radical (unpaired) electrons. The molecule has 269 valence electrons. The first kappa shape index (κ1) is 48.9. The van der Waals surface area contributed by atoms with E-state index in [9.17, 15) is 19.8 Å². The van der Waals surface area contributed by atoms with Crippen LogP contribution in [-0.4, -0.2) is 11.9 Å². The first-order valence-corrected chi connectivity index (χ1v) is 19.9. The van der Waals surface area contributed by atoms with Crippen LogP contribution in [0.2, 0.25) is 0 Å². The van der Waals surface area contributed by atoms with E-state index < -0.39 is 11.9 Å². The third-order valence-corrected chi connectivity index (χ3v) is 8.97. The van der Waals surface area contributed by atoms with Crippen LogP contribution in [0.1, 0.15) is 245 Å². The second kappa shape index (κ2) is 45.6. The van der Waals surface area contributed by atoms with Gasteiger partial charge in [0.05, 0.1) is 0 Å². The minimum Gasteiger partial charge on any atom is -0.550 e. The monoisotopic (exact) mass is 678 g/mol. The van der Waals surface area contributed by atoms with Crippen molar-refractivity contribution >= 4 is 11.9 Å². The van der Waals surface area contributed by atoms with Crippen molar-refractivity contribution in [2.75, 3.05) is 0 Å². The van der Waals surface area contributed by atoms with Crippen LogP contribution in [0, 0.1) is 0 Å². The van der Waals surface area contributed by atoms with E-state index in [1.54, 1.807) is 0 Å². The molecule has 0 aliphatic rings. The fourth-order valence-corrected chi connectivity index (χ4v) is 5.99. The molecule has 0 aliphatic carbocycles. The van der Waals surface area contributed by atoms with Gasteiger partial charge in [0.2, 0.25) is 0 Å². The first-order valence-electron chi connectivity index (χ1n) is 19.9. The Kier molecular flexibility index (Phi) is 49.5. The molecule has 4 nitrogen and oxygen atoms in total. The SMILES string of the molecule is CCCCCCCCCCCCCCCCCCCC(=O)[O-].CCCCCCCCCCCCCCCCCCCC(=O)[O-].[Mn+2]. The second-order valence-electron chi connectivity index (χ2n) is 13.6. The van der Waals surface area contributed by atoms with Crippen molar-refractivity contribution in [1.29, 1.82) is 0 Å². The Morgan fingerprint density at radius 2 is 0.422 bits per heavy atom. The number of unbranched alkanes of at least 4 members (excludes halogenated alkanes) is 32. The maximum absolute atomic E-state index is 10.2. The van der Waals surface area contributed by atoms with Crippen LogP contribution in [0.4, 0.5) is 0 Å². The zero-order chi connectivity index (χ0) is 32.6. The molecule has 0 aromatic heterocycles. The van der Waals surface area contributed by atoms with E-state index in [-0.39, 0.29) is 29.9 Å². The van der Waals surface area contributed by atoms with E-state index in [4.69, 9.17) is 0 Å². The van der Waals surface area contributed by atoms with Gasteiger partial charge in [-0.25, -0.2) is 0 Å². The van der Waals surface area contributed by atoms with E-state index >= 15 is 0 Å². The van der Waals surface area contributed by atoms with Crippen molar-refractivity contribution in [2.45, 2.75) is 245 Å². The summed E-state index contributed by atoms with van der Waals surface area (Å²) in [6, 6.07) is 0. The second-order valence-corrected chi connectivity index (χ2v) is 13.6. The van der Waals surface area contributed by atoms with Gasteiger partial charge in [-0.15, -0.1) is 0 Å². The van der Waals surface area contributed by atoms with Crippen LogP contribution in [0.15, 0.2) is 0 Å². The predicted octanol–water partition coefficient (Wildman–Crippen LogP) is 11.6. The van der Waals surface area contributed by atoms with Gasteiger partial charge in [0.1, 0.15) is 0 Å². The summed E-state index contributed by atoms with van der Waals surface area (Å²) in [4.78, 5) is 20.5. The maximum atomic E-state index is 10.2. The summed E-state index contributed by atoms with van der Waals surface area (Å²) in [5.74, 6) is -1.80. The molecule has 0 aromatic rings. The van der Waals surface area contributed by atoms with Gasteiger partial charge in [-0.3, -0.25) is 0 Å². The molecule has 0 unspecified atom stereocenters. The molecule has 45 heavy (non-hydrogen) atoms. The molecule has 0 aliphatic heterocycles. The molecular formula is C40H78MnO4. The number of rotatable bonds is 36. The van der Waals surface area contributed by atoms with E-state index in [0.29, 0.717) is 0 Å². The number of carboxylic acid groups (broad SMARTS) is 2. The van der Waals surface area contributed by atoms with Gasteiger partial charge in [-0.2, -0.15) is 0 Å². The van der Waals surface area contributed by atoms with Crippen LogP contribution in [-0.2, 0) is 26.7 Å². The molecular weight excluding hydrogens is 599 g/mol. The molecule has 0 amide bonds. The number of carbonyl (C=O) groups excluding carboxylic acids is 2. The fraction of sp³-hybridized carbons (Fsp3) is 0.950. The molecule has 0 fully saturated rings. The van der Waals surface area contributed by atoms with Gasteiger partial charge >= 0.3 is 17.1 Å². The topological polar surface area (TPSA) is 80.3 Å². The van der Waals surface area contributed by atoms with Crippen LogP contribution in [0.5, 0.6) is 0 Å². The van der Waals surface area contributed by atoms with Crippen LogP contribution < -0.4 is 10.2 Å². The third-order valence-electron chi connectivity index (χ3n) is 8.97. The Balaban J connectivity index is -0.000000767. The fourth-order valence-electron chi connectivity index (χ4n) is 5.99. The van der Waals surface area contributed by atoms with Crippen molar-refractivity contribution in [3.8, 4) is 0 Å². The molecule has 0 saturated heterocycles. The van der Waals surface area contributed by atoms with E-state index in [1.165, 1.54) is 193 Å². The molecule has 0 heterocycles. The van der Waals surface area contributed by atoms with Gasteiger partial charge in [0, 0.05) is 11.9 Å². The van der Waals surface area contributed by atoms with Crippen molar-refractivity contribution in [2.24, 2.45) is 0 Å². The number of hydrogen-bond donors (Lipinski definition) is 0. The Morgan fingerprint density at radius 3 is 0.556 bits per heavy atom. The standard InChI is InChI=1S/2C20H40O2.Mn/c2*1-2-3-4-5-6-7-8-9-10-11-12-13-14-15-16-17-18-19-20(21)22;/h2*2-19H2,1H3,(H,21,22);/q;;+2/p-2. The summed E-state index contributed by atoms with van der Waals surface area (Å²) in [5.41, 5.74) is 0. The number of hydrogen-bond acceptors (Lipinski definition) is 4. The normalized spacial score (nSPS) is 10.7. The molecule has 0 N–H and O–H groups in total. The predicted molar refractivity (Wildman–Crippen MR) is 188 cm³/mol. The minimum atomic E-state index is -0.902. The first-order chi connectivity index (χ1) is 21.5. The Hall–Kier alpha value is -0.541. The Bertz CT molecular complexity index is 506. The Morgan fingerprint density at radius 1 is 0.289 bits per heavy atom. The molecule has 0 saturated carbocycles.